The van der Waals surface area contributed by atoms with Crippen molar-refractivity contribution < 1.29 is 12.7 Å². The Kier molecular flexibility index (Phi) is 5.83. The molecular formula is C36H44Cl2Hf. The predicted molar refractivity (Wildman–Crippen MR) is 173 cm³/mol. The number of allylic oxidation sites excluding steroid dienone is 4. The fourth-order valence-electron chi connectivity index (χ4n) is 7.77. The second-order valence-corrected chi connectivity index (χ2v) is 69.7. The molecule has 0 aliphatic heterocycles. The van der Waals surface area contributed by atoms with E-state index in [1.807, 2.05) is 0 Å². The first-order chi connectivity index (χ1) is 17.8. The molecule has 0 nitrogen and oxygen atoms in total. The molecule has 2 aliphatic carbocycles. The summed E-state index contributed by atoms with van der Waals surface area (Å²) in [5, 5.41) is 0. The van der Waals surface area contributed by atoms with Crippen molar-refractivity contribution in [1.82, 2.24) is 0 Å². The third-order valence-corrected chi connectivity index (χ3v) is 67.7. The maximum atomic E-state index is 8.92. The fraction of sp³-hybridized carbons (Fsp3) is 0.361. The zero-order valence-corrected chi connectivity index (χ0v) is 30.0. The van der Waals surface area contributed by atoms with Crippen molar-refractivity contribution in [3.8, 4) is 11.1 Å². The van der Waals surface area contributed by atoms with Crippen molar-refractivity contribution >= 4 is 24.7 Å². The van der Waals surface area contributed by atoms with Gasteiger partial charge < -0.3 is 0 Å². The van der Waals surface area contributed by atoms with Crippen molar-refractivity contribution in [2.24, 2.45) is 0 Å². The van der Waals surface area contributed by atoms with Gasteiger partial charge in [0.15, 0.2) is 0 Å². The molecule has 0 saturated heterocycles. The molecule has 3 heteroatoms. The summed E-state index contributed by atoms with van der Waals surface area (Å²) < 4.78 is 5.82. The number of fused-ring (bicyclic) bond motifs is 3. The van der Waals surface area contributed by atoms with Gasteiger partial charge in [-0.25, -0.2) is 0 Å². The third kappa shape index (κ3) is 3.49. The van der Waals surface area contributed by atoms with Crippen LogP contribution in [0.2, 0.25) is 7.35 Å². The van der Waals surface area contributed by atoms with Crippen LogP contribution in [0.4, 0.5) is 0 Å². The van der Waals surface area contributed by atoms with E-state index in [-0.39, 0.29) is 21.9 Å². The molecule has 206 valence electrons. The summed E-state index contributed by atoms with van der Waals surface area (Å²) in [6.07, 6.45) is 8.66. The monoisotopic (exact) mass is 726 g/mol. The molecule has 0 N–H and O–H groups in total. The Morgan fingerprint density at radius 2 is 1.13 bits per heavy atom. The summed E-state index contributed by atoms with van der Waals surface area (Å²) in [5.74, 6) is 0. The molecule has 5 rings (SSSR count). The van der Waals surface area contributed by atoms with Crippen LogP contribution in [0.15, 0.2) is 91.0 Å². The van der Waals surface area contributed by atoms with E-state index in [4.69, 9.17) is 21.4 Å². The van der Waals surface area contributed by atoms with E-state index in [0.29, 0.717) is 0 Å². The van der Waals surface area contributed by atoms with E-state index in [2.05, 4.69) is 146 Å². The molecule has 0 unspecified atom stereocenters. The first-order valence-corrected chi connectivity index (χ1v) is 33.8. The summed E-state index contributed by atoms with van der Waals surface area (Å²) in [5.41, 5.74) is 7.43. The van der Waals surface area contributed by atoms with Gasteiger partial charge in [0.25, 0.3) is 0 Å². The average molecular weight is 726 g/mol. The zero-order valence-electron chi connectivity index (χ0n) is 24.9. The summed E-state index contributed by atoms with van der Waals surface area (Å²) in [7, 11) is 17.8. The van der Waals surface area contributed by atoms with E-state index in [0.717, 1.165) is 3.32 Å². The fourth-order valence-corrected chi connectivity index (χ4v) is 45.9. The van der Waals surface area contributed by atoms with Gasteiger partial charge in [0, 0.05) is 0 Å². The Balaban J connectivity index is 2.08. The molecule has 0 heterocycles. The molecule has 2 aliphatic rings. The molecule has 0 bridgehead atoms. The number of hydrogen-bond acceptors (Lipinski definition) is 0. The number of hydrogen-bond donors (Lipinski definition) is 0. The summed E-state index contributed by atoms with van der Waals surface area (Å²) in [4.78, 5) is 0. The molecular weight excluding hydrogens is 682 g/mol. The molecule has 3 aromatic carbocycles. The average Bonchev–Trinajstić information content (AvgIpc) is 3.51. The summed E-state index contributed by atoms with van der Waals surface area (Å²) >= 11 is -6.74. The van der Waals surface area contributed by atoms with E-state index in [1.54, 1.807) is 0 Å². The first-order valence-electron chi connectivity index (χ1n) is 14.4. The molecule has 3 aromatic rings. The van der Waals surface area contributed by atoms with Crippen LogP contribution in [-0.2, 0) is 23.5 Å². The van der Waals surface area contributed by atoms with Crippen LogP contribution >= 0.6 is 17.2 Å². The van der Waals surface area contributed by atoms with Crippen LogP contribution in [-0.4, -0.2) is 4.26 Å². The summed E-state index contributed by atoms with van der Waals surface area (Å²) in [6, 6.07) is 24.5. The molecule has 0 saturated carbocycles. The van der Waals surface area contributed by atoms with Crippen molar-refractivity contribution in [1.29, 1.82) is 0 Å². The van der Waals surface area contributed by atoms with Gasteiger partial charge in [-0.3, -0.25) is 0 Å². The van der Waals surface area contributed by atoms with E-state index < -0.39 is 12.7 Å². The van der Waals surface area contributed by atoms with Crippen LogP contribution in [0.3, 0.4) is 0 Å². The van der Waals surface area contributed by atoms with Crippen molar-refractivity contribution in [3.63, 3.8) is 0 Å². The quantitative estimate of drug-likeness (QED) is 0.235. The minimum absolute atomic E-state index is 0.0210. The van der Waals surface area contributed by atoms with Gasteiger partial charge in [-0.05, 0) is 0 Å². The van der Waals surface area contributed by atoms with Crippen molar-refractivity contribution in [2.45, 2.75) is 77.2 Å². The van der Waals surface area contributed by atoms with Crippen LogP contribution < -0.4 is 3.32 Å². The zero-order chi connectivity index (χ0) is 28.8. The van der Waals surface area contributed by atoms with Gasteiger partial charge in [-0.15, -0.1) is 0 Å². The second-order valence-electron chi connectivity index (χ2n) is 15.3. The second kappa shape index (κ2) is 7.84. The number of rotatable bonds is 4. The van der Waals surface area contributed by atoms with Gasteiger partial charge in [-0.2, -0.15) is 0 Å². The molecule has 0 fully saturated rings. The molecule has 0 radical (unpaired) electrons. The topological polar surface area (TPSA) is 0 Å². The normalized spacial score (nSPS) is 18.9. The molecule has 0 aromatic heterocycles. The number of halogens is 2. The van der Waals surface area contributed by atoms with Gasteiger partial charge in [-0.1, -0.05) is 0 Å². The van der Waals surface area contributed by atoms with Gasteiger partial charge >= 0.3 is 239 Å². The SMILES string of the molecule is [CH2]=[Hf]([Cl])([Cl])([c]1ccccc1)([CH](C)C)([CH]1C=CC=C1)[CH]1c2cc(C(C)(C)C)ccc2-c2ccc(C(C)(C)C)cc21. The summed E-state index contributed by atoms with van der Waals surface area (Å²) in [6.45, 7) is 18.1. The van der Waals surface area contributed by atoms with E-state index in [1.165, 1.54) is 33.4 Å². The standard InChI is InChI=1S/C21H25.C6H5.C5H5.C3H7.CH2.2ClH.Hf/c1-20(2,3)16-7-9-18-14(12-16)11-15-13-17(21(4,5)6)8-10-19(15)18;1-2-4-6-5-3-1;1-2-4-5-3-1;1-3-2;;;;/h7-13H,1-6H3;1-5H;1-5H;3H,1-2H3;1H2;2*1H;/q;;;;;;;+2/p-2. The van der Waals surface area contributed by atoms with E-state index >= 15 is 0 Å². The Morgan fingerprint density at radius 3 is 1.51 bits per heavy atom. The minimum atomic E-state index is -6.74. The molecule has 0 atom stereocenters. The molecule has 39 heavy (non-hydrogen) atoms. The van der Waals surface area contributed by atoms with Gasteiger partial charge in [0.1, 0.15) is 0 Å². The third-order valence-electron chi connectivity index (χ3n) is 10.9. The molecule has 0 amide bonds. The van der Waals surface area contributed by atoms with Gasteiger partial charge in [0.2, 0.25) is 0 Å². The Labute approximate surface area is 237 Å². The Bertz CT molecular complexity index is 1600. The Hall–Kier alpha value is -1.54. The maximum absolute atomic E-state index is 8.92. The first kappa shape index (κ1) is 29.0. The van der Waals surface area contributed by atoms with Crippen molar-refractivity contribution in [2.75, 3.05) is 0 Å². The van der Waals surface area contributed by atoms with Gasteiger partial charge in [0.05, 0.1) is 0 Å². The van der Waals surface area contributed by atoms with Crippen LogP contribution in [0.5, 0.6) is 0 Å². The molecule has 0 spiro atoms. The van der Waals surface area contributed by atoms with E-state index in [9.17, 15) is 0 Å². The van der Waals surface area contributed by atoms with Crippen LogP contribution in [0.25, 0.3) is 11.1 Å². The van der Waals surface area contributed by atoms with Crippen LogP contribution in [0, 0.1) is 0 Å². The number of benzene rings is 3. The predicted octanol–water partition coefficient (Wildman–Crippen LogP) is 10.9. The Morgan fingerprint density at radius 1 is 0.692 bits per heavy atom. The van der Waals surface area contributed by atoms with Crippen molar-refractivity contribution in [3.05, 3.63) is 113 Å². The van der Waals surface area contributed by atoms with Crippen LogP contribution in [0.1, 0.15) is 81.3 Å².